The Morgan fingerprint density at radius 3 is 2.69 bits per heavy atom. The van der Waals surface area contributed by atoms with Crippen LogP contribution >= 0.6 is 0 Å². The van der Waals surface area contributed by atoms with Crippen LogP contribution in [0.2, 0.25) is 0 Å². The standard InChI is InChI=1S/C11H15NO/c1-11(2)9-5-4-6-10(13)8(9)7-12(11)3/h4-6,13H,7H2,1-3H3. The van der Waals surface area contributed by atoms with Crippen molar-refractivity contribution in [1.82, 2.24) is 4.90 Å². The number of rotatable bonds is 0. The number of nitrogens with zero attached hydrogens (tertiary/aromatic N) is 1. The van der Waals surface area contributed by atoms with Crippen LogP contribution in [0.3, 0.4) is 0 Å². The zero-order chi connectivity index (χ0) is 9.64. The van der Waals surface area contributed by atoms with Gasteiger partial charge in [-0.25, -0.2) is 0 Å². The molecular formula is C11H15NO. The van der Waals surface area contributed by atoms with Gasteiger partial charge in [-0.05, 0) is 32.5 Å². The van der Waals surface area contributed by atoms with Gasteiger partial charge in [-0.1, -0.05) is 12.1 Å². The molecule has 1 heterocycles. The van der Waals surface area contributed by atoms with Gasteiger partial charge >= 0.3 is 0 Å². The number of benzene rings is 1. The second kappa shape index (κ2) is 2.48. The lowest BCUT2D eigenvalue weighted by molar-refractivity contribution is 0.178. The zero-order valence-corrected chi connectivity index (χ0v) is 8.33. The van der Waals surface area contributed by atoms with Gasteiger partial charge in [0.1, 0.15) is 5.75 Å². The summed E-state index contributed by atoms with van der Waals surface area (Å²) < 4.78 is 0. The second-order valence-corrected chi connectivity index (χ2v) is 4.22. The van der Waals surface area contributed by atoms with Gasteiger partial charge in [-0.2, -0.15) is 0 Å². The molecule has 0 aromatic heterocycles. The number of phenolic OH excluding ortho intramolecular Hbond substituents is 1. The van der Waals surface area contributed by atoms with Crippen molar-refractivity contribution in [2.45, 2.75) is 25.9 Å². The van der Waals surface area contributed by atoms with Crippen molar-refractivity contribution in [3.8, 4) is 5.75 Å². The Kier molecular flexibility index (Phi) is 1.64. The summed E-state index contributed by atoms with van der Waals surface area (Å²) in [5.74, 6) is 0.426. The normalized spacial score (nSPS) is 20.2. The number of phenols is 1. The van der Waals surface area contributed by atoms with E-state index in [0.717, 1.165) is 12.1 Å². The Morgan fingerprint density at radius 1 is 1.38 bits per heavy atom. The minimum Gasteiger partial charge on any atom is -0.508 e. The van der Waals surface area contributed by atoms with Crippen LogP contribution in [0.4, 0.5) is 0 Å². The van der Waals surface area contributed by atoms with E-state index in [2.05, 4.69) is 31.9 Å². The summed E-state index contributed by atoms with van der Waals surface area (Å²) >= 11 is 0. The monoisotopic (exact) mass is 177 g/mol. The van der Waals surface area contributed by atoms with E-state index >= 15 is 0 Å². The first-order valence-corrected chi connectivity index (χ1v) is 4.56. The van der Waals surface area contributed by atoms with E-state index in [1.807, 2.05) is 6.07 Å². The molecular weight excluding hydrogens is 162 g/mol. The Labute approximate surface area is 78.8 Å². The first-order valence-electron chi connectivity index (χ1n) is 4.56. The minimum absolute atomic E-state index is 0.0497. The maximum atomic E-state index is 9.65. The molecule has 0 unspecified atom stereocenters. The van der Waals surface area contributed by atoms with E-state index < -0.39 is 0 Å². The molecule has 2 rings (SSSR count). The van der Waals surface area contributed by atoms with Gasteiger partial charge in [0.05, 0.1) is 0 Å². The lowest BCUT2D eigenvalue weighted by Gasteiger charge is -2.28. The molecule has 0 fully saturated rings. The van der Waals surface area contributed by atoms with Crippen molar-refractivity contribution in [3.63, 3.8) is 0 Å². The van der Waals surface area contributed by atoms with E-state index in [4.69, 9.17) is 0 Å². The molecule has 0 spiro atoms. The first kappa shape index (κ1) is 8.57. The average Bonchev–Trinajstić information content (AvgIpc) is 2.28. The molecule has 1 N–H and O–H groups in total. The summed E-state index contributed by atoms with van der Waals surface area (Å²) in [6, 6.07) is 5.77. The van der Waals surface area contributed by atoms with Crippen LogP contribution in [0.25, 0.3) is 0 Å². The molecule has 2 nitrogen and oxygen atoms in total. The SMILES string of the molecule is CN1Cc2c(O)cccc2C1(C)C. The van der Waals surface area contributed by atoms with Gasteiger partial charge in [-0.15, -0.1) is 0 Å². The van der Waals surface area contributed by atoms with Crippen molar-refractivity contribution in [3.05, 3.63) is 29.3 Å². The Bertz CT molecular complexity index is 344. The number of fused-ring (bicyclic) bond motifs is 1. The van der Waals surface area contributed by atoms with E-state index in [0.29, 0.717) is 5.75 Å². The van der Waals surface area contributed by atoms with E-state index in [-0.39, 0.29) is 5.54 Å². The van der Waals surface area contributed by atoms with E-state index in [1.165, 1.54) is 5.56 Å². The van der Waals surface area contributed by atoms with Crippen LogP contribution in [0.1, 0.15) is 25.0 Å². The van der Waals surface area contributed by atoms with Gasteiger partial charge in [0.15, 0.2) is 0 Å². The molecule has 0 radical (unpaired) electrons. The fourth-order valence-corrected chi connectivity index (χ4v) is 1.95. The van der Waals surface area contributed by atoms with Crippen molar-refractivity contribution >= 4 is 0 Å². The largest absolute Gasteiger partial charge is 0.508 e. The molecule has 1 aliphatic rings. The Balaban J connectivity index is 2.61. The molecule has 13 heavy (non-hydrogen) atoms. The molecule has 0 saturated heterocycles. The maximum absolute atomic E-state index is 9.65. The van der Waals surface area contributed by atoms with E-state index in [9.17, 15) is 5.11 Å². The van der Waals surface area contributed by atoms with Crippen molar-refractivity contribution < 1.29 is 5.11 Å². The van der Waals surface area contributed by atoms with Crippen LogP contribution in [-0.4, -0.2) is 17.1 Å². The highest BCUT2D eigenvalue weighted by Crippen LogP contribution is 2.40. The molecule has 0 atom stereocenters. The summed E-state index contributed by atoms with van der Waals surface area (Å²) in [7, 11) is 2.08. The lowest BCUT2D eigenvalue weighted by atomic mass is 9.94. The highest BCUT2D eigenvalue weighted by molar-refractivity contribution is 5.45. The number of hydrogen-bond donors (Lipinski definition) is 1. The van der Waals surface area contributed by atoms with Crippen LogP contribution in [0.5, 0.6) is 5.75 Å². The molecule has 1 aromatic carbocycles. The molecule has 0 bridgehead atoms. The molecule has 70 valence electrons. The number of hydrogen-bond acceptors (Lipinski definition) is 2. The zero-order valence-electron chi connectivity index (χ0n) is 8.33. The highest BCUT2D eigenvalue weighted by Gasteiger charge is 2.35. The van der Waals surface area contributed by atoms with Crippen molar-refractivity contribution in [2.75, 3.05) is 7.05 Å². The molecule has 0 amide bonds. The molecule has 0 aliphatic carbocycles. The van der Waals surface area contributed by atoms with Gasteiger partial charge in [0.25, 0.3) is 0 Å². The van der Waals surface area contributed by atoms with Crippen molar-refractivity contribution in [1.29, 1.82) is 0 Å². The first-order chi connectivity index (χ1) is 6.03. The smallest absolute Gasteiger partial charge is 0.120 e. The Hall–Kier alpha value is -1.02. The molecule has 1 aliphatic heterocycles. The van der Waals surface area contributed by atoms with Crippen LogP contribution < -0.4 is 0 Å². The summed E-state index contributed by atoms with van der Waals surface area (Å²) in [5, 5.41) is 9.65. The molecule has 1 aromatic rings. The average molecular weight is 177 g/mol. The van der Waals surface area contributed by atoms with Crippen LogP contribution in [0, 0.1) is 0 Å². The third-order valence-electron chi connectivity index (χ3n) is 3.16. The third kappa shape index (κ3) is 1.05. The highest BCUT2D eigenvalue weighted by atomic mass is 16.3. The quantitative estimate of drug-likeness (QED) is 0.655. The third-order valence-corrected chi connectivity index (χ3v) is 3.16. The predicted octanol–water partition coefficient (Wildman–Crippen LogP) is 2.07. The van der Waals surface area contributed by atoms with Gasteiger partial charge < -0.3 is 5.11 Å². The summed E-state index contributed by atoms with van der Waals surface area (Å²) in [6.07, 6.45) is 0. The van der Waals surface area contributed by atoms with Crippen LogP contribution in [-0.2, 0) is 12.1 Å². The summed E-state index contributed by atoms with van der Waals surface area (Å²) in [5.41, 5.74) is 2.37. The molecule has 0 saturated carbocycles. The summed E-state index contributed by atoms with van der Waals surface area (Å²) in [6.45, 7) is 5.20. The Morgan fingerprint density at radius 2 is 2.08 bits per heavy atom. The summed E-state index contributed by atoms with van der Waals surface area (Å²) in [4.78, 5) is 2.25. The topological polar surface area (TPSA) is 23.5 Å². The van der Waals surface area contributed by atoms with E-state index in [1.54, 1.807) is 6.07 Å². The second-order valence-electron chi connectivity index (χ2n) is 4.22. The number of aromatic hydroxyl groups is 1. The minimum atomic E-state index is 0.0497. The predicted molar refractivity (Wildman–Crippen MR) is 52.6 cm³/mol. The van der Waals surface area contributed by atoms with Crippen LogP contribution in [0.15, 0.2) is 18.2 Å². The van der Waals surface area contributed by atoms with Gasteiger partial charge in [0, 0.05) is 17.6 Å². The fraction of sp³-hybridized carbons (Fsp3) is 0.455. The lowest BCUT2D eigenvalue weighted by Crippen LogP contribution is -2.31. The maximum Gasteiger partial charge on any atom is 0.120 e. The van der Waals surface area contributed by atoms with Crippen molar-refractivity contribution in [2.24, 2.45) is 0 Å². The van der Waals surface area contributed by atoms with Gasteiger partial charge in [-0.3, -0.25) is 4.90 Å². The molecule has 2 heteroatoms. The fourth-order valence-electron chi connectivity index (χ4n) is 1.95. The van der Waals surface area contributed by atoms with Gasteiger partial charge in [0.2, 0.25) is 0 Å².